The molecule has 0 aliphatic heterocycles. The number of allylic oxidation sites excluding steroid dienone is 1. The number of carbonyl (C=O) groups excluding carboxylic acids is 1. The van der Waals surface area contributed by atoms with E-state index in [4.69, 9.17) is 5.11 Å². The first kappa shape index (κ1) is 12.4. The van der Waals surface area contributed by atoms with E-state index in [2.05, 4.69) is 6.58 Å². The van der Waals surface area contributed by atoms with Crippen LogP contribution in [0, 0.1) is 0 Å². The van der Waals surface area contributed by atoms with Crippen molar-refractivity contribution in [3.8, 4) is 0 Å². The number of likely N-dealkylation sites (N-methyl/N-ethyl adjacent to an activating group) is 1. The van der Waals surface area contributed by atoms with E-state index in [1.54, 1.807) is 13.1 Å². The number of aliphatic carboxylic acids is 1. The monoisotopic (exact) mass is 197 g/mol. The molecule has 0 rings (SSSR count). The van der Waals surface area contributed by atoms with Crippen LogP contribution in [-0.4, -0.2) is 35.5 Å². The van der Waals surface area contributed by atoms with Crippen LogP contribution in [0.4, 0.5) is 0 Å². The number of nitrogens with zero attached hydrogens (tertiary/aromatic N) is 1. The lowest BCUT2D eigenvalue weighted by Gasteiger charge is -2.13. The molecule has 1 N–H and O–H groups in total. The summed E-state index contributed by atoms with van der Waals surface area (Å²) in [6, 6.07) is 0. The molecule has 4 heteroatoms. The molecule has 0 unspecified atom stereocenters. The fraction of sp³-hybridized carbons (Fsp3) is 0.400. The lowest BCUT2D eigenvalue weighted by Crippen LogP contribution is -2.25. The summed E-state index contributed by atoms with van der Waals surface area (Å²) in [4.78, 5) is 22.8. The van der Waals surface area contributed by atoms with Gasteiger partial charge in [-0.3, -0.25) is 4.79 Å². The van der Waals surface area contributed by atoms with Gasteiger partial charge in [0.25, 0.3) is 0 Å². The number of amides is 1. The quantitative estimate of drug-likeness (QED) is 0.393. The predicted molar refractivity (Wildman–Crippen MR) is 53.8 cm³/mol. The zero-order chi connectivity index (χ0) is 11.0. The van der Waals surface area contributed by atoms with Gasteiger partial charge in [0.15, 0.2) is 0 Å². The van der Waals surface area contributed by atoms with Crippen LogP contribution in [0.5, 0.6) is 0 Å². The van der Waals surface area contributed by atoms with Crippen LogP contribution in [0.3, 0.4) is 0 Å². The Morgan fingerprint density at radius 1 is 1.43 bits per heavy atom. The lowest BCUT2D eigenvalue weighted by molar-refractivity contribution is -0.132. The van der Waals surface area contributed by atoms with Gasteiger partial charge in [-0.05, 0) is 12.8 Å². The lowest BCUT2D eigenvalue weighted by atomic mass is 10.3. The highest BCUT2D eigenvalue weighted by Crippen LogP contribution is 1.94. The second-order valence-electron chi connectivity index (χ2n) is 2.86. The van der Waals surface area contributed by atoms with Gasteiger partial charge in [-0.2, -0.15) is 0 Å². The summed E-state index contributed by atoms with van der Waals surface area (Å²) < 4.78 is 0. The van der Waals surface area contributed by atoms with E-state index in [1.807, 2.05) is 0 Å². The van der Waals surface area contributed by atoms with E-state index in [0.29, 0.717) is 6.54 Å². The SMILES string of the molecule is C=CCCCN(C)C(=O)/C=C/C(=O)O. The third-order valence-corrected chi connectivity index (χ3v) is 1.65. The molecule has 14 heavy (non-hydrogen) atoms. The third-order valence-electron chi connectivity index (χ3n) is 1.65. The molecule has 0 saturated heterocycles. The summed E-state index contributed by atoms with van der Waals surface area (Å²) in [5.41, 5.74) is 0. The number of hydrogen-bond acceptors (Lipinski definition) is 2. The molecule has 0 fully saturated rings. The van der Waals surface area contributed by atoms with E-state index in [1.165, 1.54) is 4.90 Å². The molecular weight excluding hydrogens is 182 g/mol. The minimum atomic E-state index is -1.11. The summed E-state index contributed by atoms with van der Waals surface area (Å²) in [7, 11) is 1.64. The highest BCUT2D eigenvalue weighted by molar-refractivity contribution is 5.93. The Morgan fingerprint density at radius 2 is 2.07 bits per heavy atom. The van der Waals surface area contributed by atoms with Crippen molar-refractivity contribution < 1.29 is 14.7 Å². The Balaban J connectivity index is 3.87. The van der Waals surface area contributed by atoms with Crippen molar-refractivity contribution in [2.75, 3.05) is 13.6 Å². The van der Waals surface area contributed by atoms with Gasteiger partial charge >= 0.3 is 5.97 Å². The molecule has 0 atom stereocenters. The standard InChI is InChI=1S/C10H15NO3/c1-3-4-5-8-11(2)9(12)6-7-10(13)14/h3,6-7H,1,4-5,8H2,2H3,(H,13,14)/b7-6+. The van der Waals surface area contributed by atoms with Crippen molar-refractivity contribution in [3.05, 3.63) is 24.8 Å². The van der Waals surface area contributed by atoms with Gasteiger partial charge in [0.2, 0.25) is 5.91 Å². The molecule has 0 radical (unpaired) electrons. The molecule has 0 aromatic heterocycles. The van der Waals surface area contributed by atoms with Crippen LogP contribution in [0.25, 0.3) is 0 Å². The van der Waals surface area contributed by atoms with Crippen molar-refractivity contribution >= 4 is 11.9 Å². The maximum Gasteiger partial charge on any atom is 0.328 e. The van der Waals surface area contributed by atoms with Crippen LogP contribution in [0.2, 0.25) is 0 Å². The summed E-state index contributed by atoms with van der Waals surface area (Å²) in [5.74, 6) is -1.41. The van der Waals surface area contributed by atoms with Gasteiger partial charge < -0.3 is 10.0 Å². The Labute approximate surface area is 83.5 Å². The minimum absolute atomic E-state index is 0.295. The third kappa shape index (κ3) is 5.99. The minimum Gasteiger partial charge on any atom is -0.478 e. The summed E-state index contributed by atoms with van der Waals surface area (Å²) in [5, 5.41) is 8.29. The fourth-order valence-electron chi connectivity index (χ4n) is 0.853. The number of carboxylic acid groups (broad SMARTS) is 1. The predicted octanol–water partition coefficient (Wildman–Crippen LogP) is 1.05. The molecule has 0 spiro atoms. The smallest absolute Gasteiger partial charge is 0.328 e. The molecule has 0 aliphatic carbocycles. The van der Waals surface area contributed by atoms with Crippen LogP contribution < -0.4 is 0 Å². The number of rotatable bonds is 6. The van der Waals surface area contributed by atoms with Crippen LogP contribution in [0.1, 0.15) is 12.8 Å². The molecule has 0 aromatic carbocycles. The zero-order valence-electron chi connectivity index (χ0n) is 8.27. The van der Waals surface area contributed by atoms with Crippen LogP contribution in [0.15, 0.2) is 24.8 Å². The van der Waals surface area contributed by atoms with E-state index in [9.17, 15) is 9.59 Å². The van der Waals surface area contributed by atoms with Gasteiger partial charge in [0.05, 0.1) is 0 Å². The van der Waals surface area contributed by atoms with Crippen molar-refractivity contribution in [1.29, 1.82) is 0 Å². The molecule has 0 aliphatic rings. The van der Waals surface area contributed by atoms with Crippen molar-refractivity contribution in [2.45, 2.75) is 12.8 Å². The molecule has 0 aromatic rings. The zero-order valence-corrected chi connectivity index (χ0v) is 8.27. The van der Waals surface area contributed by atoms with E-state index in [-0.39, 0.29) is 5.91 Å². The number of carbonyl (C=O) groups is 2. The molecule has 0 heterocycles. The van der Waals surface area contributed by atoms with Crippen molar-refractivity contribution in [2.24, 2.45) is 0 Å². The molecule has 4 nitrogen and oxygen atoms in total. The van der Waals surface area contributed by atoms with Crippen LogP contribution in [-0.2, 0) is 9.59 Å². The van der Waals surface area contributed by atoms with Crippen LogP contribution >= 0.6 is 0 Å². The Bertz CT molecular complexity index is 246. The van der Waals surface area contributed by atoms with Gasteiger partial charge in [-0.1, -0.05) is 6.08 Å². The highest BCUT2D eigenvalue weighted by atomic mass is 16.4. The van der Waals surface area contributed by atoms with Gasteiger partial charge in [-0.25, -0.2) is 4.79 Å². The number of carboxylic acids is 1. The van der Waals surface area contributed by atoms with Gasteiger partial charge in [-0.15, -0.1) is 6.58 Å². The average molecular weight is 197 g/mol. The summed E-state index contributed by atoms with van der Waals surface area (Å²) in [6.07, 6.45) is 5.36. The maximum atomic E-state index is 11.2. The maximum absolute atomic E-state index is 11.2. The number of hydrogen-bond donors (Lipinski definition) is 1. The second kappa shape index (κ2) is 6.88. The first-order valence-corrected chi connectivity index (χ1v) is 4.35. The summed E-state index contributed by atoms with van der Waals surface area (Å²) >= 11 is 0. The number of unbranched alkanes of at least 4 members (excludes halogenated alkanes) is 1. The van der Waals surface area contributed by atoms with E-state index >= 15 is 0 Å². The first-order valence-electron chi connectivity index (χ1n) is 4.35. The molecule has 0 saturated carbocycles. The summed E-state index contributed by atoms with van der Waals surface area (Å²) in [6.45, 7) is 4.17. The largest absolute Gasteiger partial charge is 0.478 e. The van der Waals surface area contributed by atoms with E-state index < -0.39 is 5.97 Å². The molecule has 0 bridgehead atoms. The molecular formula is C10H15NO3. The fourth-order valence-corrected chi connectivity index (χ4v) is 0.853. The second-order valence-corrected chi connectivity index (χ2v) is 2.86. The van der Waals surface area contributed by atoms with Crippen molar-refractivity contribution in [1.82, 2.24) is 4.90 Å². The molecule has 78 valence electrons. The average Bonchev–Trinajstić information content (AvgIpc) is 2.14. The van der Waals surface area contributed by atoms with Gasteiger partial charge in [0.1, 0.15) is 0 Å². The Morgan fingerprint density at radius 3 is 2.57 bits per heavy atom. The Kier molecular flexibility index (Phi) is 6.11. The Hall–Kier alpha value is -1.58. The van der Waals surface area contributed by atoms with Gasteiger partial charge in [0, 0.05) is 25.7 Å². The normalized spacial score (nSPS) is 10.1. The highest BCUT2D eigenvalue weighted by Gasteiger charge is 2.03. The topological polar surface area (TPSA) is 57.6 Å². The molecule has 1 amide bonds. The first-order chi connectivity index (χ1) is 6.57. The van der Waals surface area contributed by atoms with E-state index in [0.717, 1.165) is 25.0 Å². The van der Waals surface area contributed by atoms with Crippen molar-refractivity contribution in [3.63, 3.8) is 0 Å².